The zero-order valence-corrected chi connectivity index (χ0v) is 15.8. The first-order valence-electron chi connectivity index (χ1n) is 9.65. The van der Waals surface area contributed by atoms with Crippen LogP contribution in [0.5, 0.6) is 0 Å². The highest BCUT2D eigenvalue weighted by Gasteiger charge is 2.27. The van der Waals surface area contributed by atoms with Gasteiger partial charge in [-0.2, -0.15) is 4.52 Å². The third-order valence-electron chi connectivity index (χ3n) is 5.58. The van der Waals surface area contributed by atoms with Crippen molar-refractivity contribution in [3.05, 3.63) is 35.9 Å². The van der Waals surface area contributed by atoms with E-state index in [0.717, 1.165) is 49.2 Å². The van der Waals surface area contributed by atoms with Gasteiger partial charge >= 0.3 is 0 Å². The lowest BCUT2D eigenvalue weighted by Gasteiger charge is -2.31. The number of hydrogen-bond acceptors (Lipinski definition) is 7. The second-order valence-corrected chi connectivity index (χ2v) is 7.77. The number of aromatic nitrogens is 6. The molecule has 5 rings (SSSR count). The van der Waals surface area contributed by atoms with Crippen LogP contribution in [0.2, 0.25) is 0 Å². The monoisotopic (exact) mass is 364 g/mol. The fraction of sp³-hybridized carbons (Fsp3) is 0.526. The molecule has 2 fully saturated rings. The van der Waals surface area contributed by atoms with Crippen LogP contribution in [0.1, 0.15) is 48.9 Å². The van der Waals surface area contributed by atoms with Gasteiger partial charge in [-0.1, -0.05) is 0 Å². The van der Waals surface area contributed by atoms with Gasteiger partial charge in [0.1, 0.15) is 5.82 Å². The lowest BCUT2D eigenvalue weighted by Crippen LogP contribution is -2.34. The molecule has 0 atom stereocenters. The van der Waals surface area contributed by atoms with Crippen LogP contribution in [-0.2, 0) is 0 Å². The van der Waals surface area contributed by atoms with Crippen molar-refractivity contribution in [2.45, 2.75) is 37.5 Å². The second-order valence-electron chi connectivity index (χ2n) is 7.77. The summed E-state index contributed by atoms with van der Waals surface area (Å²) < 4.78 is 1.90. The fourth-order valence-electron chi connectivity index (χ4n) is 3.75. The summed E-state index contributed by atoms with van der Waals surface area (Å²) in [6, 6.07) is 3.95. The van der Waals surface area contributed by atoms with Crippen LogP contribution in [0.4, 0.5) is 11.8 Å². The smallest absolute Gasteiger partial charge is 0.225 e. The van der Waals surface area contributed by atoms with Gasteiger partial charge in [-0.15, -0.1) is 15.3 Å². The Morgan fingerprint density at radius 2 is 1.67 bits per heavy atom. The maximum atomic E-state index is 4.70. The number of hydrogen-bond donors (Lipinski definition) is 0. The zero-order valence-electron chi connectivity index (χ0n) is 15.8. The van der Waals surface area contributed by atoms with Crippen molar-refractivity contribution in [2.75, 3.05) is 37.0 Å². The summed E-state index contributed by atoms with van der Waals surface area (Å²) in [7, 11) is 3.98. The number of anilines is 2. The predicted molar refractivity (Wildman–Crippen MR) is 103 cm³/mol. The number of fused-ring (bicyclic) bond motifs is 1. The van der Waals surface area contributed by atoms with Crippen LogP contribution >= 0.6 is 0 Å². The third-order valence-corrected chi connectivity index (χ3v) is 5.58. The van der Waals surface area contributed by atoms with Gasteiger partial charge in [0.15, 0.2) is 11.5 Å². The number of nitrogens with zero attached hydrogens (tertiary/aromatic N) is 8. The van der Waals surface area contributed by atoms with E-state index in [1.54, 1.807) is 0 Å². The van der Waals surface area contributed by atoms with Gasteiger partial charge in [0.25, 0.3) is 0 Å². The molecule has 0 bridgehead atoms. The van der Waals surface area contributed by atoms with Gasteiger partial charge < -0.3 is 9.80 Å². The van der Waals surface area contributed by atoms with E-state index in [0.29, 0.717) is 11.8 Å². The summed E-state index contributed by atoms with van der Waals surface area (Å²) in [4.78, 5) is 13.5. The Morgan fingerprint density at radius 3 is 2.33 bits per heavy atom. The molecule has 1 saturated carbocycles. The lowest BCUT2D eigenvalue weighted by atomic mass is 9.96. The quantitative estimate of drug-likeness (QED) is 0.703. The molecule has 0 spiro atoms. The van der Waals surface area contributed by atoms with E-state index in [-0.39, 0.29) is 0 Å². The molecule has 0 aromatic carbocycles. The van der Waals surface area contributed by atoms with Crippen molar-refractivity contribution in [3.63, 3.8) is 0 Å². The van der Waals surface area contributed by atoms with E-state index in [9.17, 15) is 0 Å². The SMILES string of the molecule is CN(C)c1ccc2nnc(C3CCN(c4ncc(C5CC5)cn4)CC3)n2n1. The molecule has 140 valence electrons. The minimum absolute atomic E-state index is 0.354. The van der Waals surface area contributed by atoms with Crippen LogP contribution in [0.15, 0.2) is 24.5 Å². The Kier molecular flexibility index (Phi) is 3.91. The molecule has 0 N–H and O–H groups in total. The number of piperidine rings is 1. The van der Waals surface area contributed by atoms with Crippen LogP contribution in [0, 0.1) is 0 Å². The molecule has 0 unspecified atom stereocenters. The second kappa shape index (κ2) is 6.44. The zero-order chi connectivity index (χ0) is 18.4. The molecule has 0 radical (unpaired) electrons. The van der Waals surface area contributed by atoms with E-state index in [4.69, 9.17) is 5.10 Å². The van der Waals surface area contributed by atoms with E-state index in [1.165, 1.54) is 18.4 Å². The molecule has 4 heterocycles. The van der Waals surface area contributed by atoms with Crippen LogP contribution in [-0.4, -0.2) is 57.0 Å². The fourth-order valence-corrected chi connectivity index (χ4v) is 3.75. The van der Waals surface area contributed by atoms with E-state index >= 15 is 0 Å². The Balaban J connectivity index is 1.31. The van der Waals surface area contributed by atoms with Crippen molar-refractivity contribution in [1.82, 2.24) is 29.8 Å². The predicted octanol–water partition coefficient (Wildman–Crippen LogP) is 2.24. The standard InChI is InChI=1S/C19H24N8/c1-25(2)17-6-5-16-22-23-18(27(16)24-17)14-7-9-26(10-8-14)19-20-11-15(12-21-19)13-3-4-13/h5-6,11-14H,3-4,7-10H2,1-2H3. The molecule has 8 nitrogen and oxygen atoms in total. The molecular formula is C19H24N8. The molecule has 2 aliphatic rings. The first kappa shape index (κ1) is 16.4. The minimum Gasteiger partial charge on any atom is -0.361 e. The Labute approximate surface area is 158 Å². The molecule has 3 aromatic rings. The maximum absolute atomic E-state index is 4.70. The average molecular weight is 364 g/mol. The molecule has 0 amide bonds. The minimum atomic E-state index is 0.354. The first-order valence-corrected chi connectivity index (χ1v) is 9.65. The summed E-state index contributed by atoms with van der Waals surface area (Å²) >= 11 is 0. The molecule has 8 heteroatoms. The Hall–Kier alpha value is -2.77. The van der Waals surface area contributed by atoms with Gasteiger partial charge in [-0.3, -0.25) is 0 Å². The van der Waals surface area contributed by atoms with E-state index in [1.807, 2.05) is 48.0 Å². The van der Waals surface area contributed by atoms with Crippen molar-refractivity contribution in [1.29, 1.82) is 0 Å². The molecular weight excluding hydrogens is 340 g/mol. The Morgan fingerprint density at radius 1 is 0.926 bits per heavy atom. The van der Waals surface area contributed by atoms with E-state index < -0.39 is 0 Å². The van der Waals surface area contributed by atoms with Crippen molar-refractivity contribution < 1.29 is 0 Å². The number of rotatable bonds is 4. The highest BCUT2D eigenvalue weighted by molar-refractivity contribution is 5.45. The highest BCUT2D eigenvalue weighted by atomic mass is 15.4. The molecule has 1 saturated heterocycles. The topological polar surface area (TPSA) is 75.3 Å². The summed E-state index contributed by atoms with van der Waals surface area (Å²) in [5, 5.41) is 13.4. The van der Waals surface area contributed by atoms with Gasteiger partial charge in [-0.05, 0) is 49.3 Å². The van der Waals surface area contributed by atoms with Crippen LogP contribution < -0.4 is 9.80 Å². The molecule has 1 aliphatic heterocycles. The summed E-state index contributed by atoms with van der Waals surface area (Å²) in [5.41, 5.74) is 2.09. The summed E-state index contributed by atoms with van der Waals surface area (Å²) in [6.07, 6.45) is 8.58. The van der Waals surface area contributed by atoms with Crippen molar-refractivity contribution in [2.24, 2.45) is 0 Å². The molecule has 1 aliphatic carbocycles. The lowest BCUT2D eigenvalue weighted by molar-refractivity contribution is 0.472. The van der Waals surface area contributed by atoms with Crippen molar-refractivity contribution in [3.8, 4) is 0 Å². The average Bonchev–Trinajstić information content (AvgIpc) is 3.47. The third kappa shape index (κ3) is 3.09. The van der Waals surface area contributed by atoms with Gasteiger partial charge in [-0.25, -0.2) is 9.97 Å². The van der Waals surface area contributed by atoms with Crippen LogP contribution in [0.25, 0.3) is 5.65 Å². The highest BCUT2D eigenvalue weighted by Crippen LogP contribution is 2.39. The maximum Gasteiger partial charge on any atom is 0.225 e. The first-order chi connectivity index (χ1) is 13.2. The summed E-state index contributed by atoms with van der Waals surface area (Å²) in [5.74, 6) is 3.76. The van der Waals surface area contributed by atoms with E-state index in [2.05, 4.69) is 25.1 Å². The van der Waals surface area contributed by atoms with Gasteiger partial charge in [0.05, 0.1) is 0 Å². The van der Waals surface area contributed by atoms with Crippen molar-refractivity contribution >= 4 is 17.4 Å². The van der Waals surface area contributed by atoms with Crippen LogP contribution in [0.3, 0.4) is 0 Å². The Bertz CT molecular complexity index is 936. The largest absolute Gasteiger partial charge is 0.361 e. The normalized spacial score (nSPS) is 18.2. The van der Waals surface area contributed by atoms with Gasteiger partial charge in [0.2, 0.25) is 5.95 Å². The van der Waals surface area contributed by atoms with Gasteiger partial charge in [0, 0.05) is 45.5 Å². The molecule has 27 heavy (non-hydrogen) atoms. The molecule has 3 aromatic heterocycles. The summed E-state index contributed by atoms with van der Waals surface area (Å²) in [6.45, 7) is 1.85.